The molecule has 2 aliphatic rings. The third-order valence-electron chi connectivity index (χ3n) is 5.97. The van der Waals surface area contributed by atoms with Crippen molar-refractivity contribution in [3.63, 3.8) is 0 Å². The van der Waals surface area contributed by atoms with Gasteiger partial charge in [-0.3, -0.25) is 4.79 Å². The van der Waals surface area contributed by atoms with Crippen molar-refractivity contribution in [2.75, 3.05) is 53.7 Å². The fraction of sp³-hybridized carbons (Fsp3) is 0.409. The number of carbonyl (C=O) groups excluding carboxylic acids is 1. The fourth-order valence-electron chi connectivity index (χ4n) is 4.11. The smallest absolute Gasteiger partial charge is 0.372 e. The molecule has 8 heteroatoms. The Bertz CT molecular complexity index is 921. The van der Waals surface area contributed by atoms with Gasteiger partial charge in [-0.2, -0.15) is 13.2 Å². The largest absolute Gasteiger partial charge is 0.391 e. The zero-order chi connectivity index (χ0) is 21.5. The summed E-state index contributed by atoms with van der Waals surface area (Å²) < 4.78 is 38.6. The summed E-state index contributed by atoms with van der Waals surface area (Å²) in [5, 5.41) is 3.36. The van der Waals surface area contributed by atoms with E-state index in [0.717, 1.165) is 28.4 Å². The van der Waals surface area contributed by atoms with Crippen molar-refractivity contribution in [1.29, 1.82) is 0 Å². The first-order valence-electron chi connectivity index (χ1n) is 10.0. The number of nitrogens with one attached hydrogen (secondary N) is 1. The van der Waals surface area contributed by atoms with Crippen LogP contribution in [0.25, 0.3) is 0 Å². The average molecular weight is 418 g/mol. The molecule has 1 amide bonds. The van der Waals surface area contributed by atoms with Crippen LogP contribution in [-0.2, 0) is 4.79 Å². The molecule has 0 spiro atoms. The molecule has 4 rings (SSSR count). The van der Waals surface area contributed by atoms with E-state index in [1.54, 1.807) is 11.9 Å². The van der Waals surface area contributed by atoms with E-state index in [9.17, 15) is 18.0 Å². The number of hydrogen-bond acceptors (Lipinski definition) is 4. The molecule has 2 aromatic carbocycles. The van der Waals surface area contributed by atoms with E-state index >= 15 is 0 Å². The van der Waals surface area contributed by atoms with Gasteiger partial charge < -0.3 is 20.0 Å². The van der Waals surface area contributed by atoms with Gasteiger partial charge in [0.25, 0.3) is 0 Å². The van der Waals surface area contributed by atoms with E-state index < -0.39 is 12.1 Å². The van der Waals surface area contributed by atoms with Gasteiger partial charge in [-0.05, 0) is 55.3 Å². The number of hydrogen-bond donors (Lipinski definition) is 1. The van der Waals surface area contributed by atoms with Gasteiger partial charge in [-0.15, -0.1) is 0 Å². The Morgan fingerprint density at radius 1 is 0.933 bits per heavy atom. The summed E-state index contributed by atoms with van der Waals surface area (Å²) in [6, 6.07) is 13.6. The maximum absolute atomic E-state index is 12.9. The quantitative estimate of drug-likeness (QED) is 0.790. The van der Waals surface area contributed by atoms with Crippen LogP contribution in [0.3, 0.4) is 0 Å². The lowest BCUT2D eigenvalue weighted by atomic mass is 9.96. The second-order valence-corrected chi connectivity index (χ2v) is 7.99. The fourth-order valence-corrected chi connectivity index (χ4v) is 4.11. The maximum Gasteiger partial charge on any atom is 0.391 e. The molecule has 0 atom stereocenters. The van der Waals surface area contributed by atoms with Crippen LogP contribution in [0.2, 0.25) is 0 Å². The lowest BCUT2D eigenvalue weighted by molar-refractivity contribution is -0.179. The summed E-state index contributed by atoms with van der Waals surface area (Å²) in [4.78, 5) is 17.6. The van der Waals surface area contributed by atoms with Crippen LogP contribution in [0.1, 0.15) is 12.8 Å². The molecule has 2 aliphatic heterocycles. The normalized spacial score (nSPS) is 17.9. The van der Waals surface area contributed by atoms with E-state index in [1.807, 2.05) is 59.3 Å². The average Bonchev–Trinajstić information content (AvgIpc) is 2.72. The number of nitrogens with zero attached hydrogens (tertiary/aromatic N) is 3. The van der Waals surface area contributed by atoms with Crippen LogP contribution < -0.4 is 20.0 Å². The molecule has 2 aromatic rings. The Morgan fingerprint density at radius 2 is 1.57 bits per heavy atom. The Balaban J connectivity index is 1.42. The molecule has 160 valence electrons. The molecule has 0 aliphatic carbocycles. The zero-order valence-electron chi connectivity index (χ0n) is 17.0. The van der Waals surface area contributed by atoms with Crippen molar-refractivity contribution >= 4 is 34.3 Å². The standard InChI is InChI=1S/C22H25F3N4O/c1-27-14-21(30)28(2)19-8-5-17(13-20(19)27)26-16-3-6-18(7-4-16)29-11-9-15(10-12-29)22(23,24)25/h3-8,13,15,26H,9-12,14H2,1-2H3. The van der Waals surface area contributed by atoms with E-state index in [0.29, 0.717) is 19.6 Å². The van der Waals surface area contributed by atoms with E-state index in [4.69, 9.17) is 0 Å². The lowest BCUT2D eigenvalue weighted by Gasteiger charge is -2.34. The van der Waals surface area contributed by atoms with Gasteiger partial charge in [0.1, 0.15) is 0 Å². The van der Waals surface area contributed by atoms with Crippen LogP contribution >= 0.6 is 0 Å². The molecule has 2 heterocycles. The number of alkyl halides is 3. The first-order valence-corrected chi connectivity index (χ1v) is 10.0. The van der Waals surface area contributed by atoms with Crippen molar-refractivity contribution in [1.82, 2.24) is 0 Å². The number of rotatable bonds is 3. The van der Waals surface area contributed by atoms with Gasteiger partial charge in [0.2, 0.25) is 5.91 Å². The van der Waals surface area contributed by atoms with E-state index in [1.165, 1.54) is 0 Å². The van der Waals surface area contributed by atoms with Gasteiger partial charge in [0.05, 0.1) is 23.8 Å². The third-order valence-corrected chi connectivity index (χ3v) is 5.97. The highest BCUT2D eigenvalue weighted by atomic mass is 19.4. The number of amides is 1. The molecule has 0 bridgehead atoms. The number of piperidine rings is 1. The summed E-state index contributed by atoms with van der Waals surface area (Å²) in [7, 11) is 3.67. The lowest BCUT2D eigenvalue weighted by Crippen LogP contribution is -2.42. The van der Waals surface area contributed by atoms with Crippen molar-refractivity contribution in [3.8, 4) is 0 Å². The first-order chi connectivity index (χ1) is 14.2. The number of fused-ring (bicyclic) bond motifs is 1. The molecular weight excluding hydrogens is 393 g/mol. The topological polar surface area (TPSA) is 38.8 Å². The maximum atomic E-state index is 12.9. The number of likely N-dealkylation sites (N-methyl/N-ethyl adjacent to an activating group) is 2. The molecular formula is C22H25F3N4O. The summed E-state index contributed by atoms with van der Waals surface area (Å²) >= 11 is 0. The minimum atomic E-state index is -4.09. The van der Waals surface area contributed by atoms with Gasteiger partial charge in [0, 0.05) is 44.2 Å². The predicted octanol–water partition coefficient (Wildman–Crippen LogP) is 4.62. The molecule has 0 saturated carbocycles. The van der Waals surface area contributed by atoms with Crippen molar-refractivity contribution in [3.05, 3.63) is 42.5 Å². The van der Waals surface area contributed by atoms with Crippen molar-refractivity contribution in [2.24, 2.45) is 5.92 Å². The summed E-state index contributed by atoms with van der Waals surface area (Å²) in [5.74, 6) is -1.13. The Hall–Kier alpha value is -2.90. The Labute approximate surface area is 174 Å². The van der Waals surface area contributed by atoms with Gasteiger partial charge >= 0.3 is 6.18 Å². The summed E-state index contributed by atoms with van der Waals surface area (Å²) in [5.41, 5.74) is 4.59. The van der Waals surface area contributed by atoms with Gasteiger partial charge in [0.15, 0.2) is 0 Å². The number of anilines is 5. The summed E-state index contributed by atoms with van der Waals surface area (Å²) in [6.07, 6.45) is -3.81. The molecule has 0 radical (unpaired) electrons. The first kappa shape index (κ1) is 20.4. The van der Waals surface area contributed by atoms with Crippen LogP contribution in [-0.4, -0.2) is 45.8 Å². The molecule has 0 aromatic heterocycles. The summed E-state index contributed by atoms with van der Waals surface area (Å²) in [6.45, 7) is 1.17. The third kappa shape index (κ3) is 4.04. The highest BCUT2D eigenvalue weighted by molar-refractivity contribution is 6.03. The van der Waals surface area contributed by atoms with Crippen LogP contribution in [0.5, 0.6) is 0 Å². The van der Waals surface area contributed by atoms with Gasteiger partial charge in [-0.1, -0.05) is 0 Å². The van der Waals surface area contributed by atoms with E-state index in [-0.39, 0.29) is 18.7 Å². The van der Waals surface area contributed by atoms with E-state index in [2.05, 4.69) is 5.32 Å². The predicted molar refractivity (Wildman–Crippen MR) is 114 cm³/mol. The van der Waals surface area contributed by atoms with Crippen molar-refractivity contribution in [2.45, 2.75) is 19.0 Å². The molecule has 1 N–H and O–H groups in total. The molecule has 1 fully saturated rings. The number of benzene rings is 2. The number of carbonyl (C=O) groups is 1. The Kier molecular flexibility index (Phi) is 5.26. The SMILES string of the molecule is CN1CC(=O)N(C)c2ccc(Nc3ccc(N4CCC(C(F)(F)F)CC4)cc3)cc21. The molecule has 0 unspecified atom stereocenters. The number of halogens is 3. The van der Waals surface area contributed by atoms with Crippen LogP contribution in [0.15, 0.2) is 42.5 Å². The minimum Gasteiger partial charge on any atom is -0.372 e. The zero-order valence-corrected chi connectivity index (χ0v) is 17.0. The van der Waals surface area contributed by atoms with Crippen LogP contribution in [0.4, 0.5) is 41.6 Å². The second-order valence-electron chi connectivity index (χ2n) is 7.99. The Morgan fingerprint density at radius 3 is 2.20 bits per heavy atom. The highest BCUT2D eigenvalue weighted by Crippen LogP contribution is 2.37. The second kappa shape index (κ2) is 7.74. The highest BCUT2D eigenvalue weighted by Gasteiger charge is 2.41. The molecule has 5 nitrogen and oxygen atoms in total. The van der Waals surface area contributed by atoms with Crippen LogP contribution in [0, 0.1) is 5.92 Å². The molecule has 30 heavy (non-hydrogen) atoms. The molecule has 1 saturated heterocycles. The monoisotopic (exact) mass is 418 g/mol. The van der Waals surface area contributed by atoms with Gasteiger partial charge in [-0.25, -0.2) is 0 Å². The van der Waals surface area contributed by atoms with Crippen molar-refractivity contribution < 1.29 is 18.0 Å². The minimum absolute atomic E-state index is 0.0561.